The first-order valence-electron chi connectivity index (χ1n) is 2.36. The topological polar surface area (TPSA) is 47.6 Å². The van der Waals surface area contributed by atoms with Crippen LogP contribution in [0.5, 0.6) is 0 Å². The highest BCUT2D eigenvalue weighted by Crippen LogP contribution is 2.22. The van der Waals surface area contributed by atoms with Gasteiger partial charge in [-0.05, 0) is 22.6 Å². The van der Waals surface area contributed by atoms with Crippen molar-refractivity contribution in [3.8, 4) is 12.1 Å². The van der Waals surface area contributed by atoms with Crippen LogP contribution in [0.1, 0.15) is 11.1 Å². The molecule has 0 bridgehead atoms. The van der Waals surface area contributed by atoms with Gasteiger partial charge in [-0.2, -0.15) is 10.5 Å². The molecule has 2 nitrogen and oxygen atoms in total. The van der Waals surface area contributed by atoms with Crippen molar-refractivity contribution in [1.29, 1.82) is 10.5 Å². The molecule has 1 heterocycles. The van der Waals surface area contributed by atoms with Gasteiger partial charge < -0.3 is 0 Å². The van der Waals surface area contributed by atoms with Crippen LogP contribution in [0.25, 0.3) is 0 Å². The van der Waals surface area contributed by atoms with Crippen LogP contribution in [-0.4, -0.2) is 0 Å². The van der Waals surface area contributed by atoms with Crippen LogP contribution in [0, 0.1) is 25.5 Å². The summed E-state index contributed by atoms with van der Waals surface area (Å²) in [6.45, 7) is 0. The third-order valence-electron chi connectivity index (χ3n) is 0.978. The summed E-state index contributed by atoms with van der Waals surface area (Å²) in [5.74, 6) is 0. The van der Waals surface area contributed by atoms with Gasteiger partial charge in [0.25, 0.3) is 0 Å². The number of nitriles is 2. The lowest BCUT2D eigenvalue weighted by molar-refractivity contribution is 1.46. The molecule has 0 atom stereocenters. The number of hydrogen-bond acceptors (Lipinski definition) is 3. The van der Waals surface area contributed by atoms with Gasteiger partial charge in [0.05, 0.1) is 14.0 Å². The standard InChI is InChI=1S/C6HIN2S/c7-6-5(2-9)4(1-8)3-10-6/h3H. The van der Waals surface area contributed by atoms with Gasteiger partial charge in [-0.25, -0.2) is 0 Å². The molecule has 0 aliphatic rings. The molecule has 10 heavy (non-hydrogen) atoms. The summed E-state index contributed by atoms with van der Waals surface area (Å²) in [5, 5.41) is 18.7. The van der Waals surface area contributed by atoms with Crippen molar-refractivity contribution in [2.24, 2.45) is 0 Å². The fourth-order valence-electron chi connectivity index (χ4n) is 0.521. The van der Waals surface area contributed by atoms with Crippen molar-refractivity contribution in [3.05, 3.63) is 19.4 Å². The number of rotatable bonds is 0. The fourth-order valence-corrected chi connectivity index (χ4v) is 1.98. The average Bonchev–Trinajstić information content (AvgIpc) is 2.30. The Kier molecular flexibility index (Phi) is 2.25. The smallest absolute Gasteiger partial charge is 0.103 e. The minimum Gasteiger partial charge on any atom is -0.192 e. The zero-order chi connectivity index (χ0) is 7.56. The quantitative estimate of drug-likeness (QED) is 0.670. The van der Waals surface area contributed by atoms with Crippen LogP contribution < -0.4 is 0 Å². The zero-order valence-corrected chi connectivity index (χ0v) is 7.73. The van der Waals surface area contributed by atoms with E-state index in [4.69, 9.17) is 10.5 Å². The lowest BCUT2D eigenvalue weighted by Gasteiger charge is -1.79. The second-order valence-corrected chi connectivity index (χ2v) is 4.21. The summed E-state index contributed by atoms with van der Waals surface area (Å²) in [7, 11) is 0. The van der Waals surface area contributed by atoms with E-state index in [1.807, 2.05) is 34.7 Å². The molecule has 0 aliphatic heterocycles. The highest BCUT2D eigenvalue weighted by atomic mass is 127. The molecule has 0 aromatic carbocycles. The van der Waals surface area contributed by atoms with Crippen molar-refractivity contribution in [2.45, 2.75) is 0 Å². The summed E-state index contributed by atoms with van der Waals surface area (Å²) in [5.41, 5.74) is 0.991. The molecule has 4 heteroatoms. The lowest BCUT2D eigenvalue weighted by atomic mass is 10.2. The molecule has 0 fully saturated rings. The maximum atomic E-state index is 8.52. The maximum absolute atomic E-state index is 8.52. The predicted octanol–water partition coefficient (Wildman–Crippen LogP) is 2.10. The molecular weight excluding hydrogens is 259 g/mol. The summed E-state index contributed by atoms with van der Waals surface area (Å²) in [6.07, 6.45) is 0. The van der Waals surface area contributed by atoms with Gasteiger partial charge in [-0.3, -0.25) is 0 Å². The molecule has 0 saturated heterocycles. The largest absolute Gasteiger partial charge is 0.192 e. The second kappa shape index (κ2) is 3.00. The van der Waals surface area contributed by atoms with E-state index in [1.165, 1.54) is 11.3 Å². The van der Waals surface area contributed by atoms with Crippen molar-refractivity contribution in [1.82, 2.24) is 0 Å². The number of hydrogen-bond donors (Lipinski definition) is 0. The normalized spacial score (nSPS) is 8.30. The predicted molar refractivity (Wildman–Crippen MR) is 46.5 cm³/mol. The molecule has 48 valence electrons. The first kappa shape index (κ1) is 7.52. The van der Waals surface area contributed by atoms with Crippen LogP contribution in [0.3, 0.4) is 0 Å². The number of nitrogens with zero attached hydrogens (tertiary/aromatic N) is 2. The summed E-state index contributed by atoms with van der Waals surface area (Å²) < 4.78 is 0.886. The van der Waals surface area contributed by atoms with Crippen molar-refractivity contribution in [2.75, 3.05) is 0 Å². The Balaban J connectivity index is 3.34. The van der Waals surface area contributed by atoms with Crippen molar-refractivity contribution >= 4 is 33.9 Å². The third-order valence-corrected chi connectivity index (χ3v) is 3.05. The van der Waals surface area contributed by atoms with Crippen LogP contribution in [0.4, 0.5) is 0 Å². The number of halogens is 1. The Hall–Kier alpha value is -0.590. The van der Waals surface area contributed by atoms with Gasteiger partial charge in [0.1, 0.15) is 12.1 Å². The molecule has 0 N–H and O–H groups in total. The van der Waals surface area contributed by atoms with E-state index in [9.17, 15) is 0 Å². The lowest BCUT2D eigenvalue weighted by Crippen LogP contribution is -1.75. The Morgan fingerprint density at radius 1 is 1.40 bits per heavy atom. The molecule has 0 spiro atoms. The molecule has 0 amide bonds. The van der Waals surface area contributed by atoms with E-state index in [0.29, 0.717) is 11.1 Å². The Morgan fingerprint density at radius 2 is 2.10 bits per heavy atom. The van der Waals surface area contributed by atoms with Gasteiger partial charge in [-0.1, -0.05) is 0 Å². The SMILES string of the molecule is N#Cc1csc(I)c1C#N. The Bertz CT molecular complexity index is 328. The Morgan fingerprint density at radius 3 is 2.50 bits per heavy atom. The van der Waals surface area contributed by atoms with Crippen molar-refractivity contribution in [3.63, 3.8) is 0 Å². The molecule has 0 radical (unpaired) electrons. The summed E-state index contributed by atoms with van der Waals surface area (Å²) in [6, 6.07) is 3.93. The molecule has 1 aromatic rings. The van der Waals surface area contributed by atoms with Gasteiger partial charge in [0.2, 0.25) is 0 Å². The van der Waals surface area contributed by atoms with Crippen LogP contribution >= 0.6 is 33.9 Å². The van der Waals surface area contributed by atoms with Crippen LogP contribution in [-0.2, 0) is 0 Å². The monoisotopic (exact) mass is 260 g/mol. The van der Waals surface area contributed by atoms with E-state index < -0.39 is 0 Å². The van der Waals surface area contributed by atoms with E-state index in [0.717, 1.165) is 2.88 Å². The first-order chi connectivity index (χ1) is 4.79. The highest BCUT2D eigenvalue weighted by Gasteiger charge is 2.06. The van der Waals surface area contributed by atoms with Gasteiger partial charge in [-0.15, -0.1) is 11.3 Å². The van der Waals surface area contributed by atoms with Gasteiger partial charge in [0, 0.05) is 5.38 Å². The summed E-state index contributed by atoms with van der Waals surface area (Å²) in [4.78, 5) is 0. The maximum Gasteiger partial charge on any atom is 0.103 e. The molecule has 0 saturated carbocycles. The first-order valence-corrected chi connectivity index (χ1v) is 4.32. The Labute approximate surface area is 75.8 Å². The van der Waals surface area contributed by atoms with Gasteiger partial charge in [0.15, 0.2) is 0 Å². The fraction of sp³-hybridized carbons (Fsp3) is 0. The van der Waals surface area contributed by atoms with Gasteiger partial charge >= 0.3 is 0 Å². The number of thiophene rings is 1. The average molecular weight is 260 g/mol. The minimum atomic E-state index is 0.483. The molecule has 0 aliphatic carbocycles. The van der Waals surface area contributed by atoms with E-state index in [1.54, 1.807) is 5.38 Å². The molecule has 0 unspecified atom stereocenters. The third kappa shape index (κ3) is 1.13. The highest BCUT2D eigenvalue weighted by molar-refractivity contribution is 14.1. The minimum absolute atomic E-state index is 0.483. The van der Waals surface area contributed by atoms with E-state index >= 15 is 0 Å². The van der Waals surface area contributed by atoms with Crippen LogP contribution in [0.15, 0.2) is 5.38 Å². The van der Waals surface area contributed by atoms with E-state index in [2.05, 4.69) is 0 Å². The van der Waals surface area contributed by atoms with Crippen LogP contribution in [0.2, 0.25) is 0 Å². The molecule has 1 rings (SSSR count). The molecular formula is C6HIN2S. The molecule has 1 aromatic heterocycles. The van der Waals surface area contributed by atoms with Crippen molar-refractivity contribution < 1.29 is 0 Å². The summed E-state index contributed by atoms with van der Waals surface area (Å²) >= 11 is 3.47. The van der Waals surface area contributed by atoms with E-state index in [-0.39, 0.29) is 0 Å². The zero-order valence-electron chi connectivity index (χ0n) is 4.76. The second-order valence-electron chi connectivity index (χ2n) is 1.52.